The topological polar surface area (TPSA) is 71.3 Å². The Morgan fingerprint density at radius 3 is 2.62 bits per heavy atom. The second-order valence-corrected chi connectivity index (χ2v) is 7.45. The molecule has 4 aromatic rings. The summed E-state index contributed by atoms with van der Waals surface area (Å²) in [6.07, 6.45) is 1.11. The third kappa shape index (κ3) is 2.47. The van der Waals surface area contributed by atoms with Crippen molar-refractivity contribution in [3.8, 4) is 11.3 Å². The SMILES string of the molecule is Cc1cccc(-c2c3c(=O)n(C)c(=O)n(C)c3c3n2CCOC3c2ccco2)c1. The minimum atomic E-state index is -0.488. The van der Waals surface area contributed by atoms with Crippen LogP contribution in [-0.4, -0.2) is 20.3 Å². The molecule has 0 fully saturated rings. The highest BCUT2D eigenvalue weighted by molar-refractivity contribution is 5.96. The van der Waals surface area contributed by atoms with Gasteiger partial charge in [-0.15, -0.1) is 0 Å². The summed E-state index contributed by atoms with van der Waals surface area (Å²) in [7, 11) is 3.21. The highest BCUT2D eigenvalue weighted by Gasteiger charge is 2.34. The lowest BCUT2D eigenvalue weighted by Gasteiger charge is -2.26. The number of ether oxygens (including phenoxy) is 1. The van der Waals surface area contributed by atoms with Crippen LogP contribution in [0.3, 0.4) is 0 Å². The molecule has 0 saturated carbocycles. The fourth-order valence-electron chi connectivity index (χ4n) is 4.33. The number of fused-ring (bicyclic) bond motifs is 3. The highest BCUT2D eigenvalue weighted by atomic mass is 16.5. The molecule has 1 aliphatic rings. The Morgan fingerprint density at radius 2 is 1.90 bits per heavy atom. The third-order valence-electron chi connectivity index (χ3n) is 5.65. The van der Waals surface area contributed by atoms with Gasteiger partial charge in [-0.3, -0.25) is 13.9 Å². The van der Waals surface area contributed by atoms with E-state index in [-0.39, 0.29) is 11.2 Å². The van der Waals surface area contributed by atoms with Crippen LogP contribution in [0.5, 0.6) is 0 Å². The maximum Gasteiger partial charge on any atom is 0.331 e. The van der Waals surface area contributed by atoms with E-state index in [2.05, 4.69) is 10.6 Å². The standard InChI is InChI=1S/C22H21N3O4/c1-13-6-4-7-14(12-13)17-16-18(23(2)22(27)24(3)21(16)26)19-20(15-8-5-10-28-15)29-11-9-25(17)19/h4-8,10,12,20H,9,11H2,1-3H3. The van der Waals surface area contributed by atoms with Crippen LogP contribution in [-0.2, 0) is 25.4 Å². The highest BCUT2D eigenvalue weighted by Crippen LogP contribution is 2.40. The zero-order valence-electron chi connectivity index (χ0n) is 16.5. The zero-order valence-corrected chi connectivity index (χ0v) is 16.5. The van der Waals surface area contributed by atoms with Crippen molar-refractivity contribution < 1.29 is 9.15 Å². The average Bonchev–Trinajstić information content (AvgIpc) is 3.36. The fourth-order valence-corrected chi connectivity index (χ4v) is 4.33. The Morgan fingerprint density at radius 1 is 1.07 bits per heavy atom. The lowest BCUT2D eigenvalue weighted by atomic mass is 10.1. The van der Waals surface area contributed by atoms with Crippen molar-refractivity contribution >= 4 is 10.9 Å². The number of rotatable bonds is 2. The molecule has 148 valence electrons. The number of aryl methyl sites for hydroxylation is 2. The van der Waals surface area contributed by atoms with E-state index in [1.165, 1.54) is 11.6 Å². The molecule has 0 radical (unpaired) electrons. The van der Waals surface area contributed by atoms with E-state index in [1.54, 1.807) is 13.3 Å². The Kier molecular flexibility index (Phi) is 3.89. The van der Waals surface area contributed by atoms with E-state index in [4.69, 9.17) is 9.15 Å². The molecule has 7 nitrogen and oxygen atoms in total. The first kappa shape index (κ1) is 17.8. The molecule has 7 heteroatoms. The Labute approximate surface area is 166 Å². The van der Waals surface area contributed by atoms with Crippen LogP contribution >= 0.6 is 0 Å². The molecule has 0 saturated heterocycles. The molecule has 0 spiro atoms. The number of furan rings is 1. The van der Waals surface area contributed by atoms with Crippen LogP contribution < -0.4 is 11.2 Å². The molecule has 1 unspecified atom stereocenters. The van der Waals surface area contributed by atoms with Crippen molar-refractivity contribution in [3.05, 3.63) is 80.5 Å². The second kappa shape index (κ2) is 6.35. The minimum absolute atomic E-state index is 0.306. The number of benzene rings is 1. The lowest BCUT2D eigenvalue weighted by molar-refractivity contribution is 0.0347. The Hall–Kier alpha value is -3.32. The Bertz CT molecular complexity index is 1360. The first-order valence-electron chi connectivity index (χ1n) is 9.53. The summed E-state index contributed by atoms with van der Waals surface area (Å²) >= 11 is 0. The maximum atomic E-state index is 13.3. The molecule has 5 rings (SSSR count). The summed E-state index contributed by atoms with van der Waals surface area (Å²) in [5, 5.41) is 0.525. The molecule has 1 atom stereocenters. The van der Waals surface area contributed by atoms with Gasteiger partial charge in [0.05, 0.1) is 35.2 Å². The van der Waals surface area contributed by atoms with E-state index in [9.17, 15) is 9.59 Å². The van der Waals surface area contributed by atoms with Gasteiger partial charge >= 0.3 is 5.69 Å². The van der Waals surface area contributed by atoms with E-state index < -0.39 is 6.10 Å². The average molecular weight is 391 g/mol. The summed E-state index contributed by atoms with van der Waals surface area (Å²) in [4.78, 5) is 26.0. The van der Waals surface area contributed by atoms with Crippen molar-refractivity contribution in [1.29, 1.82) is 0 Å². The van der Waals surface area contributed by atoms with E-state index >= 15 is 0 Å². The van der Waals surface area contributed by atoms with E-state index in [1.807, 2.05) is 37.3 Å². The summed E-state index contributed by atoms with van der Waals surface area (Å²) in [5.74, 6) is 0.647. The largest absolute Gasteiger partial charge is 0.466 e. The quantitative estimate of drug-likeness (QED) is 0.527. The summed E-state index contributed by atoms with van der Waals surface area (Å²) in [5.41, 5.74) is 3.55. The van der Waals surface area contributed by atoms with Crippen molar-refractivity contribution in [1.82, 2.24) is 13.7 Å². The van der Waals surface area contributed by atoms with Crippen molar-refractivity contribution in [3.63, 3.8) is 0 Å². The molecular formula is C22H21N3O4. The predicted octanol–water partition coefficient (Wildman–Crippen LogP) is 2.73. The molecule has 1 aromatic carbocycles. The van der Waals surface area contributed by atoms with Gasteiger partial charge in [-0.1, -0.05) is 23.8 Å². The van der Waals surface area contributed by atoms with Gasteiger partial charge in [-0.05, 0) is 30.7 Å². The molecule has 0 bridgehead atoms. The summed E-state index contributed by atoms with van der Waals surface area (Å²) < 4.78 is 16.5. The first-order chi connectivity index (χ1) is 14.0. The van der Waals surface area contributed by atoms with Gasteiger partial charge in [0, 0.05) is 20.6 Å². The predicted molar refractivity (Wildman–Crippen MR) is 109 cm³/mol. The molecule has 1 aliphatic heterocycles. The summed E-state index contributed by atoms with van der Waals surface area (Å²) in [6, 6.07) is 11.7. The monoisotopic (exact) mass is 391 g/mol. The van der Waals surface area contributed by atoms with Gasteiger partial charge in [0.2, 0.25) is 0 Å². The van der Waals surface area contributed by atoms with Crippen molar-refractivity contribution in [2.75, 3.05) is 6.61 Å². The maximum absolute atomic E-state index is 13.3. The molecular weight excluding hydrogens is 370 g/mol. The van der Waals surface area contributed by atoms with Gasteiger partial charge in [-0.2, -0.15) is 0 Å². The van der Waals surface area contributed by atoms with Crippen LogP contribution in [0.4, 0.5) is 0 Å². The fraction of sp³-hybridized carbons (Fsp3) is 0.273. The van der Waals surface area contributed by atoms with Crippen LogP contribution in [0.2, 0.25) is 0 Å². The summed E-state index contributed by atoms with van der Waals surface area (Å²) in [6.45, 7) is 3.09. The molecule has 29 heavy (non-hydrogen) atoms. The van der Waals surface area contributed by atoms with Crippen LogP contribution in [0, 0.1) is 6.92 Å². The number of nitrogens with zero attached hydrogens (tertiary/aromatic N) is 3. The normalized spacial score (nSPS) is 16.3. The lowest BCUT2D eigenvalue weighted by Crippen LogP contribution is -2.37. The molecule has 3 aromatic heterocycles. The minimum Gasteiger partial charge on any atom is -0.466 e. The van der Waals surface area contributed by atoms with Gasteiger partial charge < -0.3 is 13.7 Å². The number of aromatic nitrogens is 3. The first-order valence-corrected chi connectivity index (χ1v) is 9.53. The molecule has 0 aliphatic carbocycles. The van der Waals surface area contributed by atoms with Crippen LogP contribution in [0.25, 0.3) is 22.2 Å². The van der Waals surface area contributed by atoms with Gasteiger partial charge in [0.15, 0.2) is 6.10 Å². The van der Waals surface area contributed by atoms with Gasteiger partial charge in [0.25, 0.3) is 5.56 Å². The van der Waals surface area contributed by atoms with E-state index in [0.29, 0.717) is 29.8 Å². The van der Waals surface area contributed by atoms with Crippen molar-refractivity contribution in [2.45, 2.75) is 19.6 Å². The van der Waals surface area contributed by atoms with Gasteiger partial charge in [0.1, 0.15) is 5.76 Å². The molecule has 0 amide bonds. The van der Waals surface area contributed by atoms with Crippen LogP contribution in [0.1, 0.15) is 23.1 Å². The molecule has 4 heterocycles. The smallest absolute Gasteiger partial charge is 0.331 e. The van der Waals surface area contributed by atoms with Gasteiger partial charge in [-0.25, -0.2) is 4.79 Å². The number of hydrogen-bond acceptors (Lipinski definition) is 4. The van der Waals surface area contributed by atoms with Crippen LogP contribution in [0.15, 0.2) is 56.7 Å². The van der Waals surface area contributed by atoms with Crippen molar-refractivity contribution in [2.24, 2.45) is 14.1 Å². The Balaban J connectivity index is 1.99. The number of hydrogen-bond donors (Lipinski definition) is 0. The third-order valence-corrected chi connectivity index (χ3v) is 5.65. The van der Waals surface area contributed by atoms with E-state index in [0.717, 1.165) is 27.1 Å². The second-order valence-electron chi connectivity index (χ2n) is 7.45. The zero-order chi connectivity index (χ0) is 20.3. The molecule has 0 N–H and O–H groups in total.